The van der Waals surface area contributed by atoms with Crippen LogP contribution in [0.4, 0.5) is 5.82 Å². The number of pyridine rings is 1. The number of amides is 1. The molecule has 1 amide bonds. The minimum Gasteiger partial charge on any atom is -0.313 e. The van der Waals surface area contributed by atoms with Gasteiger partial charge in [0.15, 0.2) is 5.78 Å². The molecular weight excluding hydrogens is 336 g/mol. The van der Waals surface area contributed by atoms with E-state index in [1.165, 1.54) is 0 Å². The van der Waals surface area contributed by atoms with Crippen molar-refractivity contribution < 1.29 is 9.59 Å². The molecule has 1 atom stereocenters. The van der Waals surface area contributed by atoms with E-state index in [4.69, 9.17) is 0 Å². The van der Waals surface area contributed by atoms with Crippen LogP contribution in [-0.2, 0) is 9.59 Å². The lowest BCUT2D eigenvalue weighted by Gasteiger charge is -2.42. The molecule has 1 aliphatic rings. The summed E-state index contributed by atoms with van der Waals surface area (Å²) in [6.45, 7) is 5.60. The van der Waals surface area contributed by atoms with Crippen molar-refractivity contribution in [2.45, 2.75) is 19.4 Å². The van der Waals surface area contributed by atoms with Crippen LogP contribution in [0.5, 0.6) is 0 Å². The molecule has 1 fully saturated rings. The van der Waals surface area contributed by atoms with E-state index in [2.05, 4.69) is 31.5 Å². The van der Waals surface area contributed by atoms with Gasteiger partial charge in [-0.2, -0.15) is 0 Å². The number of carbonyl (C=O) groups excluding carboxylic acids is 2. The monoisotopic (exact) mass is 354 g/mol. The second-order valence-electron chi connectivity index (χ2n) is 5.34. The quantitative estimate of drug-likeness (QED) is 0.844. The lowest BCUT2D eigenvalue weighted by molar-refractivity contribution is -0.131. The van der Waals surface area contributed by atoms with Gasteiger partial charge in [-0.3, -0.25) is 14.5 Å². The van der Waals surface area contributed by atoms with Gasteiger partial charge in [0.2, 0.25) is 5.91 Å². The zero-order valence-corrected chi connectivity index (χ0v) is 13.7. The summed E-state index contributed by atoms with van der Waals surface area (Å²) in [6.07, 6.45) is 1.63. The molecule has 1 aromatic rings. The number of piperazine rings is 1. The van der Waals surface area contributed by atoms with Crippen LogP contribution in [0.3, 0.4) is 0 Å². The van der Waals surface area contributed by atoms with Gasteiger partial charge in [0.25, 0.3) is 0 Å². The van der Waals surface area contributed by atoms with Crippen molar-refractivity contribution in [2.75, 3.05) is 31.5 Å². The Morgan fingerprint density at radius 2 is 2.29 bits per heavy atom. The molecule has 114 valence electrons. The number of Topliss-reactive ketones (excluding diaryl/α,β-unsaturated/α-hetero) is 1. The first-order valence-corrected chi connectivity index (χ1v) is 7.59. The molecule has 0 radical (unpaired) electrons. The smallest absolute Gasteiger partial charge is 0.239 e. The average Bonchev–Trinajstić information content (AvgIpc) is 2.44. The SMILES string of the molecule is CC(=O)[C@@]1(C)CNCCN1CC(=O)Nc1ccc(Br)cn1. The van der Waals surface area contributed by atoms with Crippen molar-refractivity contribution in [3.05, 3.63) is 22.8 Å². The zero-order valence-electron chi connectivity index (χ0n) is 12.1. The number of hydrogen-bond donors (Lipinski definition) is 2. The van der Waals surface area contributed by atoms with Crippen LogP contribution in [-0.4, -0.2) is 53.3 Å². The zero-order chi connectivity index (χ0) is 15.5. The summed E-state index contributed by atoms with van der Waals surface area (Å²) in [4.78, 5) is 30.0. The number of carbonyl (C=O) groups is 2. The van der Waals surface area contributed by atoms with E-state index < -0.39 is 5.54 Å². The largest absolute Gasteiger partial charge is 0.313 e. The van der Waals surface area contributed by atoms with Gasteiger partial charge in [0.1, 0.15) is 5.82 Å². The maximum absolute atomic E-state index is 12.1. The van der Waals surface area contributed by atoms with Crippen LogP contribution in [0.25, 0.3) is 0 Å². The van der Waals surface area contributed by atoms with Crippen LogP contribution in [0.1, 0.15) is 13.8 Å². The third-order valence-electron chi connectivity index (χ3n) is 3.81. The predicted molar refractivity (Wildman–Crippen MR) is 84.1 cm³/mol. The molecule has 2 N–H and O–H groups in total. The van der Waals surface area contributed by atoms with Crippen LogP contribution in [0.2, 0.25) is 0 Å². The molecule has 1 aliphatic heterocycles. The van der Waals surface area contributed by atoms with Gasteiger partial charge in [-0.25, -0.2) is 4.98 Å². The van der Waals surface area contributed by atoms with Crippen molar-refractivity contribution >= 4 is 33.4 Å². The van der Waals surface area contributed by atoms with Crippen molar-refractivity contribution in [1.82, 2.24) is 15.2 Å². The lowest BCUT2D eigenvalue weighted by atomic mass is 9.92. The highest BCUT2D eigenvalue weighted by Gasteiger charge is 2.39. The minimum atomic E-state index is -0.636. The number of hydrogen-bond acceptors (Lipinski definition) is 5. The molecule has 7 heteroatoms. The highest BCUT2D eigenvalue weighted by Crippen LogP contribution is 2.18. The second kappa shape index (κ2) is 6.64. The Morgan fingerprint density at radius 3 is 2.90 bits per heavy atom. The molecule has 1 aromatic heterocycles. The Labute approximate surface area is 132 Å². The van der Waals surface area contributed by atoms with E-state index in [1.54, 1.807) is 19.2 Å². The summed E-state index contributed by atoms with van der Waals surface area (Å²) in [5, 5.41) is 5.95. The topological polar surface area (TPSA) is 74.3 Å². The summed E-state index contributed by atoms with van der Waals surface area (Å²) in [5.41, 5.74) is -0.636. The van der Waals surface area contributed by atoms with Crippen molar-refractivity contribution in [3.8, 4) is 0 Å². The molecule has 2 heterocycles. The Hall–Kier alpha value is -1.31. The van der Waals surface area contributed by atoms with Gasteiger partial charge in [0, 0.05) is 30.3 Å². The molecule has 0 aliphatic carbocycles. The number of aromatic nitrogens is 1. The van der Waals surface area contributed by atoms with E-state index in [0.717, 1.165) is 11.0 Å². The Bertz CT molecular complexity index is 534. The minimum absolute atomic E-state index is 0.0595. The van der Waals surface area contributed by atoms with Gasteiger partial charge >= 0.3 is 0 Å². The summed E-state index contributed by atoms with van der Waals surface area (Å²) in [7, 11) is 0. The number of ketones is 1. The molecular formula is C14H19BrN4O2. The summed E-state index contributed by atoms with van der Waals surface area (Å²) >= 11 is 3.29. The fraction of sp³-hybridized carbons (Fsp3) is 0.500. The Morgan fingerprint density at radius 1 is 1.52 bits per heavy atom. The third-order valence-corrected chi connectivity index (χ3v) is 4.28. The van der Waals surface area contributed by atoms with E-state index in [0.29, 0.717) is 18.9 Å². The summed E-state index contributed by atoms with van der Waals surface area (Å²) in [5.74, 6) is 0.395. The predicted octanol–water partition coefficient (Wildman–Crippen LogP) is 1.04. The van der Waals surface area contributed by atoms with Gasteiger partial charge < -0.3 is 10.6 Å². The van der Waals surface area contributed by atoms with Gasteiger partial charge in [-0.1, -0.05) is 0 Å². The van der Waals surface area contributed by atoms with Crippen LogP contribution in [0.15, 0.2) is 22.8 Å². The maximum Gasteiger partial charge on any atom is 0.239 e. The molecule has 6 nitrogen and oxygen atoms in total. The second-order valence-corrected chi connectivity index (χ2v) is 6.25. The normalized spacial score (nSPS) is 22.8. The first kappa shape index (κ1) is 16.1. The lowest BCUT2D eigenvalue weighted by Crippen LogP contribution is -2.64. The molecule has 0 aromatic carbocycles. The van der Waals surface area contributed by atoms with Crippen LogP contribution < -0.4 is 10.6 Å². The number of rotatable bonds is 4. The van der Waals surface area contributed by atoms with Crippen LogP contribution >= 0.6 is 15.9 Å². The van der Waals surface area contributed by atoms with E-state index in [1.807, 2.05) is 17.9 Å². The van der Waals surface area contributed by atoms with Crippen molar-refractivity contribution in [3.63, 3.8) is 0 Å². The van der Waals surface area contributed by atoms with Gasteiger partial charge in [-0.05, 0) is 41.9 Å². The third kappa shape index (κ3) is 3.87. The van der Waals surface area contributed by atoms with E-state index in [-0.39, 0.29) is 18.2 Å². The fourth-order valence-corrected chi connectivity index (χ4v) is 2.55. The summed E-state index contributed by atoms with van der Waals surface area (Å²) in [6, 6.07) is 3.54. The number of nitrogens with zero attached hydrogens (tertiary/aromatic N) is 2. The van der Waals surface area contributed by atoms with E-state index in [9.17, 15) is 9.59 Å². The molecule has 1 saturated heterocycles. The first-order chi connectivity index (χ1) is 9.91. The maximum atomic E-state index is 12.1. The number of anilines is 1. The van der Waals surface area contributed by atoms with Crippen molar-refractivity contribution in [1.29, 1.82) is 0 Å². The highest BCUT2D eigenvalue weighted by molar-refractivity contribution is 9.10. The molecule has 2 rings (SSSR count). The number of halogens is 1. The van der Waals surface area contributed by atoms with Crippen molar-refractivity contribution in [2.24, 2.45) is 0 Å². The average molecular weight is 355 g/mol. The molecule has 21 heavy (non-hydrogen) atoms. The standard InChI is InChI=1S/C14H19BrN4O2/c1-10(20)14(2)9-16-5-6-19(14)8-13(21)18-12-4-3-11(15)7-17-12/h3-4,7,16H,5-6,8-9H2,1-2H3,(H,17,18,21)/t14-/m1/s1. The Balaban J connectivity index is 2.00. The fourth-order valence-electron chi connectivity index (χ4n) is 2.31. The highest BCUT2D eigenvalue weighted by atomic mass is 79.9. The molecule has 0 saturated carbocycles. The number of nitrogens with one attached hydrogen (secondary N) is 2. The van der Waals surface area contributed by atoms with Gasteiger partial charge in [-0.15, -0.1) is 0 Å². The summed E-state index contributed by atoms with van der Waals surface area (Å²) < 4.78 is 0.853. The molecule has 0 unspecified atom stereocenters. The van der Waals surface area contributed by atoms with Crippen LogP contribution in [0, 0.1) is 0 Å². The Kier molecular flexibility index (Phi) is 5.08. The molecule has 0 bridgehead atoms. The van der Waals surface area contributed by atoms with Gasteiger partial charge in [0.05, 0.1) is 12.1 Å². The van der Waals surface area contributed by atoms with E-state index >= 15 is 0 Å². The first-order valence-electron chi connectivity index (χ1n) is 6.80. The molecule has 0 spiro atoms.